The lowest BCUT2D eigenvalue weighted by Crippen LogP contribution is -2.09. The van der Waals surface area contributed by atoms with Crippen LogP contribution in [0.15, 0.2) is 237 Å². The first-order valence-corrected chi connectivity index (χ1v) is 20.5. The monoisotopic (exact) mass is 765 g/mol. The third kappa shape index (κ3) is 6.41. The molecule has 0 bridgehead atoms. The Kier molecular flexibility index (Phi) is 8.87. The molecule has 0 unspecified atom stereocenters. The highest BCUT2D eigenvalue weighted by atomic mass is 16.5. The molecule has 282 valence electrons. The molecule has 0 spiro atoms. The van der Waals surface area contributed by atoms with Gasteiger partial charge in [-0.2, -0.15) is 0 Å². The molecule has 0 saturated heterocycles. The molecule has 2 heteroatoms. The summed E-state index contributed by atoms with van der Waals surface area (Å²) in [6.07, 6.45) is 0. The number of anilines is 3. The summed E-state index contributed by atoms with van der Waals surface area (Å²) in [7, 11) is 0. The Morgan fingerprint density at radius 1 is 0.283 bits per heavy atom. The molecule has 11 rings (SSSR count). The first-order chi connectivity index (χ1) is 29.7. The fraction of sp³-hybridized carbons (Fsp3) is 0. The molecule has 0 amide bonds. The highest BCUT2D eigenvalue weighted by Crippen LogP contribution is 2.54. The minimum absolute atomic E-state index is 0.847. The van der Waals surface area contributed by atoms with Crippen LogP contribution in [0.2, 0.25) is 0 Å². The largest absolute Gasteiger partial charge is 0.455 e. The van der Waals surface area contributed by atoms with Crippen LogP contribution in [0.25, 0.3) is 77.5 Å². The van der Waals surface area contributed by atoms with Gasteiger partial charge in [-0.25, -0.2) is 0 Å². The van der Waals surface area contributed by atoms with Gasteiger partial charge in [0.15, 0.2) is 0 Å². The molecule has 1 heterocycles. The maximum absolute atomic E-state index is 7.13. The number of ether oxygens (including phenoxy) is 1. The molecular weight excluding hydrogens is 727 g/mol. The highest BCUT2D eigenvalue weighted by Gasteiger charge is 2.26. The maximum atomic E-state index is 7.13. The third-order valence-electron chi connectivity index (χ3n) is 11.7. The average molecular weight is 766 g/mol. The zero-order valence-corrected chi connectivity index (χ0v) is 32.9. The van der Waals surface area contributed by atoms with Crippen molar-refractivity contribution in [1.82, 2.24) is 0 Å². The minimum atomic E-state index is 0.847. The number of nitrogens with zero attached hydrogens (tertiary/aromatic N) is 1. The van der Waals surface area contributed by atoms with Crippen LogP contribution in [-0.2, 0) is 0 Å². The summed E-state index contributed by atoms with van der Waals surface area (Å²) in [5.74, 6) is 1.71. The summed E-state index contributed by atoms with van der Waals surface area (Å²) in [6.45, 7) is 0. The van der Waals surface area contributed by atoms with Gasteiger partial charge in [0, 0.05) is 33.8 Å². The van der Waals surface area contributed by atoms with Crippen LogP contribution < -0.4 is 9.64 Å². The van der Waals surface area contributed by atoms with Gasteiger partial charge >= 0.3 is 0 Å². The minimum Gasteiger partial charge on any atom is -0.455 e. The van der Waals surface area contributed by atoms with Gasteiger partial charge in [0.1, 0.15) is 11.5 Å². The lowest BCUT2D eigenvalue weighted by molar-refractivity contribution is 0.490. The standard InChI is InChI=1S/C58H39NO/c1-4-14-40(15-5-1)43-24-31-48(32-25-43)59(49-33-26-44(27-34-49)41-16-6-2-7-17-41)50-35-28-45(29-36-50)54-39-47-20-10-11-21-51(47)57-53-37-30-46(42-18-8-3-9-19-42)38-55(53)52-22-12-13-23-56(52)60-58(54)57/h1-39H. The van der Waals surface area contributed by atoms with Gasteiger partial charge in [0.05, 0.1) is 0 Å². The van der Waals surface area contributed by atoms with E-state index in [4.69, 9.17) is 4.74 Å². The lowest BCUT2D eigenvalue weighted by Gasteiger charge is -2.26. The van der Waals surface area contributed by atoms with Crippen molar-refractivity contribution in [3.8, 4) is 78.3 Å². The van der Waals surface area contributed by atoms with Crippen molar-refractivity contribution in [3.63, 3.8) is 0 Å². The van der Waals surface area contributed by atoms with E-state index in [9.17, 15) is 0 Å². The Bertz CT molecular complexity index is 3040. The average Bonchev–Trinajstić information content (AvgIpc) is 3.48. The first-order valence-electron chi connectivity index (χ1n) is 20.5. The molecule has 0 fully saturated rings. The second-order valence-electron chi connectivity index (χ2n) is 15.3. The van der Waals surface area contributed by atoms with E-state index in [-0.39, 0.29) is 0 Å². The van der Waals surface area contributed by atoms with Crippen molar-refractivity contribution in [2.24, 2.45) is 0 Å². The van der Waals surface area contributed by atoms with E-state index in [1.807, 2.05) is 0 Å². The van der Waals surface area contributed by atoms with Gasteiger partial charge in [0.2, 0.25) is 0 Å². The van der Waals surface area contributed by atoms with E-state index in [1.54, 1.807) is 0 Å². The predicted octanol–water partition coefficient (Wildman–Crippen LogP) is 16.4. The summed E-state index contributed by atoms with van der Waals surface area (Å²) < 4.78 is 7.13. The van der Waals surface area contributed by atoms with E-state index < -0.39 is 0 Å². The van der Waals surface area contributed by atoms with Crippen molar-refractivity contribution < 1.29 is 4.74 Å². The van der Waals surface area contributed by atoms with E-state index >= 15 is 0 Å². The number of hydrogen-bond acceptors (Lipinski definition) is 2. The molecule has 2 nitrogen and oxygen atoms in total. The molecule has 0 atom stereocenters. The third-order valence-corrected chi connectivity index (χ3v) is 11.7. The normalized spacial score (nSPS) is 11.5. The molecule has 0 saturated carbocycles. The Hall–Kier alpha value is -7.94. The van der Waals surface area contributed by atoms with Crippen molar-refractivity contribution in [3.05, 3.63) is 237 Å². The lowest BCUT2D eigenvalue weighted by atomic mass is 9.87. The van der Waals surface area contributed by atoms with Gasteiger partial charge in [-0.05, 0) is 115 Å². The Morgan fingerprint density at radius 3 is 1.32 bits per heavy atom. The molecule has 0 aromatic heterocycles. The van der Waals surface area contributed by atoms with E-state index in [1.165, 1.54) is 44.2 Å². The fourth-order valence-electron chi connectivity index (χ4n) is 8.70. The van der Waals surface area contributed by atoms with Crippen molar-refractivity contribution in [2.75, 3.05) is 4.90 Å². The molecular formula is C58H39NO. The van der Waals surface area contributed by atoms with Crippen LogP contribution >= 0.6 is 0 Å². The van der Waals surface area contributed by atoms with E-state index in [0.29, 0.717) is 0 Å². The smallest absolute Gasteiger partial charge is 0.143 e. The number of rotatable bonds is 7. The van der Waals surface area contributed by atoms with E-state index in [0.717, 1.165) is 61.9 Å². The summed E-state index contributed by atoms with van der Waals surface area (Å²) in [5, 5.41) is 2.33. The summed E-state index contributed by atoms with van der Waals surface area (Å²) in [4.78, 5) is 2.33. The van der Waals surface area contributed by atoms with Gasteiger partial charge in [0.25, 0.3) is 0 Å². The molecule has 1 aliphatic rings. The zero-order valence-electron chi connectivity index (χ0n) is 32.9. The maximum Gasteiger partial charge on any atom is 0.143 e. The van der Waals surface area contributed by atoms with Crippen LogP contribution in [-0.4, -0.2) is 0 Å². The van der Waals surface area contributed by atoms with Crippen LogP contribution in [0.4, 0.5) is 17.1 Å². The van der Waals surface area contributed by atoms with Crippen molar-refractivity contribution in [2.45, 2.75) is 0 Å². The molecule has 0 aliphatic carbocycles. The van der Waals surface area contributed by atoms with Crippen LogP contribution in [0, 0.1) is 0 Å². The second kappa shape index (κ2) is 15.1. The topological polar surface area (TPSA) is 12.5 Å². The number of fused-ring (bicyclic) bond motifs is 7. The van der Waals surface area contributed by atoms with Crippen molar-refractivity contribution in [1.29, 1.82) is 0 Å². The number of hydrogen-bond donors (Lipinski definition) is 0. The van der Waals surface area contributed by atoms with Gasteiger partial charge in [-0.1, -0.05) is 182 Å². The summed E-state index contributed by atoms with van der Waals surface area (Å²) in [5.41, 5.74) is 17.0. The SMILES string of the molecule is c1ccc(-c2ccc(N(c3ccc(-c4ccccc4)cc3)c3ccc(-c4cc5ccccc5c5c4Oc4ccccc4-c4cc(-c6ccccc6)ccc4-5)cc3)cc2)cc1. The first kappa shape index (κ1) is 35.2. The Balaban J connectivity index is 1.04. The van der Waals surface area contributed by atoms with Gasteiger partial charge < -0.3 is 9.64 Å². The zero-order chi connectivity index (χ0) is 39.8. The quantitative estimate of drug-likeness (QED) is 0.160. The highest BCUT2D eigenvalue weighted by molar-refractivity contribution is 6.09. The predicted molar refractivity (Wildman–Crippen MR) is 251 cm³/mol. The molecule has 10 aromatic carbocycles. The van der Waals surface area contributed by atoms with Crippen LogP contribution in [0.5, 0.6) is 11.5 Å². The molecule has 0 N–H and O–H groups in total. The molecule has 0 radical (unpaired) electrons. The Labute approximate surface area is 350 Å². The number of benzene rings is 10. The summed E-state index contributed by atoms with van der Waals surface area (Å²) >= 11 is 0. The fourth-order valence-corrected chi connectivity index (χ4v) is 8.70. The summed E-state index contributed by atoms with van der Waals surface area (Å²) in [6, 6.07) is 84.6. The van der Waals surface area contributed by atoms with Gasteiger partial charge in [-0.15, -0.1) is 0 Å². The molecule has 60 heavy (non-hydrogen) atoms. The number of para-hydroxylation sites is 1. The second-order valence-corrected chi connectivity index (χ2v) is 15.3. The van der Waals surface area contributed by atoms with Gasteiger partial charge in [-0.3, -0.25) is 0 Å². The van der Waals surface area contributed by atoms with Crippen LogP contribution in [0.3, 0.4) is 0 Å². The van der Waals surface area contributed by atoms with Crippen LogP contribution in [0.1, 0.15) is 0 Å². The Morgan fingerprint density at radius 2 is 0.733 bits per heavy atom. The molecule has 1 aliphatic heterocycles. The molecule has 10 aromatic rings. The van der Waals surface area contributed by atoms with Crippen molar-refractivity contribution >= 4 is 27.8 Å². The van der Waals surface area contributed by atoms with E-state index in [2.05, 4.69) is 241 Å².